The molecule has 12 heteroatoms. The predicted octanol–water partition coefficient (Wildman–Crippen LogP) is 5.83. The van der Waals surface area contributed by atoms with Crippen molar-refractivity contribution in [2.75, 3.05) is 5.75 Å². The average Bonchev–Trinajstić information content (AvgIpc) is 3.24. The van der Waals surface area contributed by atoms with Crippen LogP contribution in [0.3, 0.4) is 0 Å². The number of halogens is 2. The molecule has 166 valence electrons. The van der Waals surface area contributed by atoms with Gasteiger partial charge in [-0.05, 0) is 23.1 Å². The van der Waals surface area contributed by atoms with Crippen LogP contribution >= 0.6 is 46.3 Å². The van der Waals surface area contributed by atoms with Crippen molar-refractivity contribution >= 4 is 67.6 Å². The average molecular weight is 529 g/mol. The Bertz CT molecular complexity index is 1350. The number of Topliss-reactive ketones (excluding diaryl/α,β-unsaturated/α-hetero) is 1. The molecule has 0 N–H and O–H groups in total. The molecule has 0 aliphatic carbocycles. The van der Waals surface area contributed by atoms with Crippen molar-refractivity contribution in [2.24, 2.45) is 0 Å². The van der Waals surface area contributed by atoms with Gasteiger partial charge in [-0.2, -0.15) is 0 Å². The zero-order chi connectivity index (χ0) is 23.2. The molecule has 1 aliphatic rings. The third kappa shape index (κ3) is 4.42. The second-order valence-corrected chi connectivity index (χ2v) is 12.4. The minimum Gasteiger partial charge on any atom is -0.293 e. The lowest BCUT2D eigenvalue weighted by Crippen LogP contribution is -2.03. The molecule has 1 unspecified atom stereocenters. The number of fused-ring (bicyclic) bond motifs is 1. The summed E-state index contributed by atoms with van der Waals surface area (Å²) in [5, 5.41) is 12.0. The van der Waals surface area contributed by atoms with E-state index < -0.39 is 14.8 Å². The molecule has 1 aromatic carbocycles. The van der Waals surface area contributed by atoms with Crippen molar-refractivity contribution in [2.45, 2.75) is 33.3 Å². The van der Waals surface area contributed by atoms with E-state index in [1.807, 2.05) is 6.92 Å². The minimum absolute atomic E-state index is 0.0531. The highest BCUT2D eigenvalue weighted by Gasteiger charge is 2.32. The molecule has 7 nitrogen and oxygen atoms in total. The van der Waals surface area contributed by atoms with E-state index in [1.165, 1.54) is 24.5 Å². The largest absolute Gasteiger partial charge is 0.294 e. The van der Waals surface area contributed by atoms with Gasteiger partial charge in [-0.25, -0.2) is 8.42 Å². The van der Waals surface area contributed by atoms with E-state index in [9.17, 15) is 23.3 Å². The van der Waals surface area contributed by atoms with Crippen molar-refractivity contribution in [3.05, 3.63) is 72.8 Å². The molecule has 0 amide bonds. The zero-order valence-corrected chi connectivity index (χ0v) is 20.3. The van der Waals surface area contributed by atoms with Gasteiger partial charge in [0, 0.05) is 24.9 Å². The van der Waals surface area contributed by atoms with Crippen molar-refractivity contribution in [1.29, 1.82) is 0 Å². The summed E-state index contributed by atoms with van der Waals surface area (Å²) in [6.07, 6.45) is 2.68. The monoisotopic (exact) mass is 528 g/mol. The topological polar surface area (TPSA) is 107 Å². The number of carbonyl (C=O) groups excluding carboxylic acids is 1. The van der Waals surface area contributed by atoms with Gasteiger partial charge in [-0.15, -0.1) is 11.3 Å². The van der Waals surface area contributed by atoms with Gasteiger partial charge in [-0.3, -0.25) is 19.9 Å². The molecule has 2 aromatic heterocycles. The highest BCUT2D eigenvalue weighted by molar-refractivity contribution is 8.01. The maximum absolute atomic E-state index is 12.9. The Balaban J connectivity index is 1.63. The summed E-state index contributed by atoms with van der Waals surface area (Å²) in [7, 11) is -3.37. The van der Waals surface area contributed by atoms with Crippen molar-refractivity contribution < 1.29 is 18.1 Å². The van der Waals surface area contributed by atoms with Gasteiger partial charge in [0.15, 0.2) is 15.6 Å². The lowest BCUT2D eigenvalue weighted by Gasteiger charge is -2.05. The van der Waals surface area contributed by atoms with Gasteiger partial charge < -0.3 is 0 Å². The summed E-state index contributed by atoms with van der Waals surface area (Å²) in [5.41, 5.74) is 1.06. The Labute approximate surface area is 201 Å². The normalized spacial score (nSPS) is 16.7. The Morgan fingerprint density at radius 1 is 1.28 bits per heavy atom. The molecule has 32 heavy (non-hydrogen) atoms. The van der Waals surface area contributed by atoms with E-state index in [-0.39, 0.29) is 53.6 Å². The quantitative estimate of drug-likeness (QED) is 0.225. The first-order valence-electron chi connectivity index (χ1n) is 9.20. The van der Waals surface area contributed by atoms with Crippen LogP contribution in [0.4, 0.5) is 5.69 Å². The molecule has 0 radical (unpaired) electrons. The van der Waals surface area contributed by atoms with E-state index >= 15 is 0 Å². The molecular formula is C20H14Cl2N2O5S3. The SMILES string of the molecule is CC1CS(=O)(=O)c2cc(CC(=O)c3cc([N+](=O)[O-])c(Sc4c(Cl)cncc4Cl)s3)ccc21. The van der Waals surface area contributed by atoms with Gasteiger partial charge >= 0.3 is 0 Å². The molecule has 0 saturated carbocycles. The second kappa shape index (κ2) is 8.75. The van der Waals surface area contributed by atoms with E-state index in [2.05, 4.69) is 4.98 Å². The Kier molecular flexibility index (Phi) is 6.34. The van der Waals surface area contributed by atoms with Crippen LogP contribution in [0, 0.1) is 10.1 Å². The molecule has 1 atom stereocenters. The standard InChI is InChI=1S/C20H14Cl2N2O5S3/c1-10-9-32(28,29)18-5-11(2-3-12(10)18)4-16(25)17-6-15(24(26)27)20(30-17)31-19-13(21)7-23-8-14(19)22/h2-3,5-8,10H,4,9H2,1H3. The highest BCUT2D eigenvalue weighted by Crippen LogP contribution is 2.46. The lowest BCUT2D eigenvalue weighted by atomic mass is 10.00. The molecule has 3 heterocycles. The maximum Gasteiger partial charge on any atom is 0.294 e. The molecule has 0 spiro atoms. The smallest absolute Gasteiger partial charge is 0.293 e. The number of benzene rings is 1. The lowest BCUT2D eigenvalue weighted by molar-refractivity contribution is -0.387. The molecule has 4 rings (SSSR count). The molecule has 0 fully saturated rings. The van der Waals surface area contributed by atoms with Crippen LogP contribution in [-0.4, -0.2) is 29.9 Å². The second-order valence-electron chi connectivity index (χ2n) is 7.23. The van der Waals surface area contributed by atoms with Crippen LogP contribution < -0.4 is 0 Å². The summed E-state index contributed by atoms with van der Waals surface area (Å²) in [5.74, 6) is -0.385. The van der Waals surface area contributed by atoms with Crippen LogP contribution in [0.15, 0.2) is 50.7 Å². The summed E-state index contributed by atoms with van der Waals surface area (Å²) in [6, 6.07) is 6.21. The number of pyridine rings is 1. The van der Waals surface area contributed by atoms with Gasteiger partial charge in [0.2, 0.25) is 0 Å². The fourth-order valence-electron chi connectivity index (χ4n) is 3.44. The first kappa shape index (κ1) is 23.2. The zero-order valence-electron chi connectivity index (χ0n) is 16.4. The van der Waals surface area contributed by atoms with E-state index in [0.29, 0.717) is 10.5 Å². The maximum atomic E-state index is 12.9. The molecule has 3 aromatic rings. The molecular weight excluding hydrogens is 515 g/mol. The number of hydrogen-bond donors (Lipinski definition) is 0. The third-order valence-electron chi connectivity index (χ3n) is 4.93. The Morgan fingerprint density at radius 2 is 1.97 bits per heavy atom. The first-order chi connectivity index (χ1) is 15.1. The number of carbonyl (C=O) groups is 1. The van der Waals surface area contributed by atoms with Crippen LogP contribution in [0.1, 0.15) is 33.6 Å². The minimum atomic E-state index is -3.37. The van der Waals surface area contributed by atoms with Gasteiger partial charge in [0.1, 0.15) is 4.21 Å². The van der Waals surface area contributed by atoms with E-state index in [1.54, 1.807) is 12.1 Å². The third-order valence-corrected chi connectivity index (χ3v) is 10.2. The van der Waals surface area contributed by atoms with Crippen LogP contribution in [-0.2, 0) is 16.3 Å². The summed E-state index contributed by atoms with van der Waals surface area (Å²) in [4.78, 5) is 28.6. The van der Waals surface area contributed by atoms with Crippen LogP contribution in [0.2, 0.25) is 10.0 Å². The number of aromatic nitrogens is 1. The van der Waals surface area contributed by atoms with Crippen molar-refractivity contribution in [3.8, 4) is 0 Å². The van der Waals surface area contributed by atoms with Gasteiger partial charge in [-0.1, -0.05) is 54.0 Å². The Morgan fingerprint density at radius 3 is 2.62 bits per heavy atom. The molecule has 1 aliphatic heterocycles. The number of hydrogen-bond acceptors (Lipinski definition) is 8. The number of nitrogens with zero attached hydrogens (tertiary/aromatic N) is 2. The summed E-state index contributed by atoms with van der Waals surface area (Å²) in [6.45, 7) is 1.85. The molecule has 0 saturated heterocycles. The predicted molar refractivity (Wildman–Crippen MR) is 124 cm³/mol. The highest BCUT2D eigenvalue weighted by atomic mass is 35.5. The number of nitro groups is 1. The summed E-state index contributed by atoms with van der Waals surface area (Å²) < 4.78 is 24.9. The summed E-state index contributed by atoms with van der Waals surface area (Å²) >= 11 is 14.2. The first-order valence-corrected chi connectivity index (χ1v) is 13.2. The van der Waals surface area contributed by atoms with Crippen molar-refractivity contribution in [1.82, 2.24) is 4.98 Å². The number of ketones is 1. The van der Waals surface area contributed by atoms with Gasteiger partial charge in [0.25, 0.3) is 5.69 Å². The number of sulfone groups is 1. The van der Waals surface area contributed by atoms with E-state index in [4.69, 9.17) is 23.2 Å². The van der Waals surface area contributed by atoms with E-state index in [0.717, 1.165) is 28.7 Å². The fraction of sp³-hybridized carbons (Fsp3) is 0.200. The number of rotatable bonds is 6. The molecule has 0 bridgehead atoms. The van der Waals surface area contributed by atoms with Crippen LogP contribution in [0.5, 0.6) is 0 Å². The van der Waals surface area contributed by atoms with Crippen LogP contribution in [0.25, 0.3) is 0 Å². The fourth-order valence-corrected chi connectivity index (χ4v) is 8.22. The number of thiophene rings is 1. The Hall–Kier alpha value is -1.98. The van der Waals surface area contributed by atoms with Gasteiger partial charge in [0.05, 0.1) is 35.4 Å². The van der Waals surface area contributed by atoms with Crippen molar-refractivity contribution in [3.63, 3.8) is 0 Å².